The van der Waals surface area contributed by atoms with Gasteiger partial charge in [-0.3, -0.25) is 14.4 Å². The summed E-state index contributed by atoms with van der Waals surface area (Å²) >= 11 is 3.22. The Morgan fingerprint density at radius 2 is 1.25 bits per heavy atom. The number of hydrogen-bond donors (Lipinski definition) is 0. The number of alkyl halides is 1. The van der Waals surface area contributed by atoms with E-state index in [1.54, 1.807) is 6.92 Å². The lowest BCUT2D eigenvalue weighted by Gasteiger charge is -2.41. The maximum absolute atomic E-state index is 11.2. The molecule has 1 fully saturated rings. The Hall–Kier alpha value is -1.15. The Labute approximate surface area is 125 Å². The molecule has 0 N–H and O–H groups in total. The van der Waals surface area contributed by atoms with Gasteiger partial charge in [-0.2, -0.15) is 0 Å². The lowest BCUT2D eigenvalue weighted by Crippen LogP contribution is -2.59. The van der Waals surface area contributed by atoms with Gasteiger partial charge in [0.25, 0.3) is 0 Å². The first-order valence-electron chi connectivity index (χ1n) is 6.03. The third-order valence-electron chi connectivity index (χ3n) is 2.62. The van der Waals surface area contributed by atoms with Gasteiger partial charge in [-0.1, -0.05) is 15.9 Å². The summed E-state index contributed by atoms with van der Waals surface area (Å²) in [5.74, 6) is -1.67. The molecule has 114 valence electrons. The molecule has 0 saturated carbocycles. The predicted octanol–water partition coefficient (Wildman–Crippen LogP) is 0.921. The van der Waals surface area contributed by atoms with E-state index in [1.807, 2.05) is 0 Å². The fourth-order valence-corrected chi connectivity index (χ4v) is 2.70. The van der Waals surface area contributed by atoms with Gasteiger partial charge in [0, 0.05) is 20.8 Å². The van der Waals surface area contributed by atoms with Crippen molar-refractivity contribution in [3.63, 3.8) is 0 Å². The fraction of sp³-hybridized carbons (Fsp3) is 0.750. The summed E-state index contributed by atoms with van der Waals surface area (Å²) in [6.45, 7) is 5.35. The Kier molecular flexibility index (Phi) is 5.94. The Morgan fingerprint density at radius 3 is 1.70 bits per heavy atom. The molecule has 0 aliphatic carbocycles. The minimum atomic E-state index is -0.937. The second-order valence-electron chi connectivity index (χ2n) is 4.41. The third kappa shape index (κ3) is 4.45. The number of hydrogen-bond acceptors (Lipinski definition) is 7. The molecule has 5 atom stereocenters. The van der Waals surface area contributed by atoms with Gasteiger partial charge in [0.05, 0.1) is 6.10 Å². The maximum Gasteiger partial charge on any atom is 0.303 e. The first kappa shape index (κ1) is 16.9. The van der Waals surface area contributed by atoms with Crippen LogP contribution in [0.3, 0.4) is 0 Å². The van der Waals surface area contributed by atoms with Crippen molar-refractivity contribution in [1.82, 2.24) is 0 Å². The van der Waals surface area contributed by atoms with Crippen LogP contribution < -0.4 is 0 Å². The van der Waals surface area contributed by atoms with E-state index < -0.39 is 47.3 Å². The van der Waals surface area contributed by atoms with Gasteiger partial charge in [0.1, 0.15) is 0 Å². The normalized spacial score (nSPS) is 33.1. The first-order valence-corrected chi connectivity index (χ1v) is 6.95. The largest absolute Gasteiger partial charge is 0.456 e. The van der Waals surface area contributed by atoms with E-state index in [0.29, 0.717) is 0 Å². The topological polar surface area (TPSA) is 88.1 Å². The van der Waals surface area contributed by atoms with Gasteiger partial charge >= 0.3 is 17.9 Å². The highest BCUT2D eigenvalue weighted by molar-refractivity contribution is 9.09. The molecule has 7 nitrogen and oxygen atoms in total. The summed E-state index contributed by atoms with van der Waals surface area (Å²) in [5, 5.41) is -0.669. The van der Waals surface area contributed by atoms with E-state index in [2.05, 4.69) is 15.9 Å². The summed E-state index contributed by atoms with van der Waals surface area (Å²) in [6, 6.07) is 0. The monoisotopic (exact) mass is 352 g/mol. The van der Waals surface area contributed by atoms with Crippen LogP contribution in [0.4, 0.5) is 0 Å². The van der Waals surface area contributed by atoms with E-state index in [1.165, 1.54) is 20.8 Å². The second kappa shape index (κ2) is 7.03. The molecular weight excluding hydrogens is 336 g/mol. The van der Waals surface area contributed by atoms with Crippen molar-refractivity contribution < 1.29 is 33.3 Å². The molecule has 0 aromatic rings. The summed E-state index contributed by atoms with van der Waals surface area (Å²) in [4.78, 5) is 33.5. The van der Waals surface area contributed by atoms with E-state index >= 15 is 0 Å². The molecule has 0 aromatic heterocycles. The first-order chi connectivity index (χ1) is 9.22. The maximum atomic E-state index is 11.2. The number of ether oxygens (including phenoxy) is 4. The smallest absolute Gasteiger partial charge is 0.303 e. The fourth-order valence-electron chi connectivity index (χ4n) is 1.96. The zero-order valence-electron chi connectivity index (χ0n) is 11.6. The molecule has 0 radical (unpaired) electrons. The molecule has 8 heteroatoms. The minimum Gasteiger partial charge on any atom is -0.456 e. The number of rotatable bonds is 3. The van der Waals surface area contributed by atoms with Crippen LogP contribution in [0.25, 0.3) is 0 Å². The van der Waals surface area contributed by atoms with Crippen LogP contribution in [0.5, 0.6) is 0 Å². The lowest BCUT2D eigenvalue weighted by atomic mass is 10.00. The second-order valence-corrected chi connectivity index (χ2v) is 5.32. The zero-order chi connectivity index (χ0) is 15.4. The molecule has 1 aliphatic rings. The van der Waals surface area contributed by atoms with Crippen molar-refractivity contribution in [3.8, 4) is 0 Å². The number of carbonyl (C=O) groups is 3. The third-order valence-corrected chi connectivity index (χ3v) is 3.36. The zero-order valence-corrected chi connectivity index (χ0v) is 13.2. The van der Waals surface area contributed by atoms with Crippen LogP contribution in [0, 0.1) is 0 Å². The molecule has 20 heavy (non-hydrogen) atoms. The molecule has 2 unspecified atom stereocenters. The predicted molar refractivity (Wildman–Crippen MR) is 69.9 cm³/mol. The molecule has 1 aliphatic heterocycles. The SMILES string of the molecule is CC(=O)OC1[C@H](Br)OC(C)[C@H](OC(C)=O)[C@H]1OC(C)=O. The molecule has 0 spiro atoms. The van der Waals surface area contributed by atoms with Crippen molar-refractivity contribution in [2.24, 2.45) is 0 Å². The van der Waals surface area contributed by atoms with Gasteiger partial charge in [-0.05, 0) is 6.92 Å². The molecule has 0 bridgehead atoms. The van der Waals surface area contributed by atoms with Gasteiger partial charge in [-0.25, -0.2) is 0 Å². The molecule has 1 saturated heterocycles. The molecular formula is C12H17BrO7. The van der Waals surface area contributed by atoms with Crippen molar-refractivity contribution in [1.29, 1.82) is 0 Å². The highest BCUT2D eigenvalue weighted by Gasteiger charge is 2.49. The van der Waals surface area contributed by atoms with Gasteiger partial charge in [0.15, 0.2) is 23.3 Å². The highest BCUT2D eigenvalue weighted by Crippen LogP contribution is 2.31. The van der Waals surface area contributed by atoms with Crippen LogP contribution in [-0.4, -0.2) is 47.3 Å². The van der Waals surface area contributed by atoms with E-state index in [-0.39, 0.29) is 0 Å². The van der Waals surface area contributed by atoms with Crippen LogP contribution in [0.2, 0.25) is 0 Å². The summed E-state index contributed by atoms with van der Waals surface area (Å²) in [7, 11) is 0. The highest BCUT2D eigenvalue weighted by atomic mass is 79.9. The summed E-state index contributed by atoms with van der Waals surface area (Å²) < 4.78 is 20.9. The molecule has 0 aromatic carbocycles. The van der Waals surface area contributed by atoms with Gasteiger partial charge < -0.3 is 18.9 Å². The van der Waals surface area contributed by atoms with Crippen LogP contribution in [-0.2, 0) is 33.3 Å². The van der Waals surface area contributed by atoms with E-state index in [4.69, 9.17) is 18.9 Å². The Bertz CT molecular complexity index is 369. The van der Waals surface area contributed by atoms with Crippen molar-refractivity contribution in [3.05, 3.63) is 0 Å². The number of carbonyl (C=O) groups excluding carboxylic acids is 3. The summed E-state index contributed by atoms with van der Waals surface area (Å²) in [5.41, 5.74) is 0. The average molecular weight is 353 g/mol. The molecule has 0 amide bonds. The average Bonchev–Trinajstić information content (AvgIpc) is 2.27. The van der Waals surface area contributed by atoms with Crippen molar-refractivity contribution in [2.45, 2.75) is 57.1 Å². The van der Waals surface area contributed by atoms with Crippen molar-refractivity contribution in [2.75, 3.05) is 0 Å². The standard InChI is InChI=1S/C12H17BrO7/c1-5-9(18-6(2)14)10(19-7(3)15)11(12(13)17-5)20-8(4)16/h5,9-12H,1-4H3/t5?,9-,10+,11?,12+/m0/s1. The molecule has 1 rings (SSSR count). The van der Waals surface area contributed by atoms with E-state index in [9.17, 15) is 14.4 Å². The Morgan fingerprint density at radius 1 is 0.850 bits per heavy atom. The quantitative estimate of drug-likeness (QED) is 0.424. The van der Waals surface area contributed by atoms with Crippen LogP contribution >= 0.6 is 15.9 Å². The van der Waals surface area contributed by atoms with Crippen LogP contribution in [0.15, 0.2) is 0 Å². The van der Waals surface area contributed by atoms with Crippen LogP contribution in [0.1, 0.15) is 27.7 Å². The number of esters is 3. The van der Waals surface area contributed by atoms with Gasteiger partial charge in [0.2, 0.25) is 0 Å². The summed E-state index contributed by atoms with van der Waals surface area (Å²) in [6.07, 6.45) is -3.22. The van der Waals surface area contributed by atoms with Gasteiger partial charge in [-0.15, -0.1) is 0 Å². The van der Waals surface area contributed by atoms with E-state index in [0.717, 1.165) is 0 Å². The number of halogens is 1. The lowest BCUT2D eigenvalue weighted by molar-refractivity contribution is -0.227. The molecule has 1 heterocycles. The minimum absolute atomic E-state index is 0.528. The van der Waals surface area contributed by atoms with Crippen molar-refractivity contribution >= 4 is 33.8 Å². The Balaban J connectivity index is 3.01.